The van der Waals surface area contributed by atoms with E-state index in [-0.39, 0.29) is 17.6 Å². The zero-order valence-electron chi connectivity index (χ0n) is 21.0. The number of carboxylic acids is 1. The molecule has 1 aliphatic heterocycles. The number of aliphatic carboxylic acids is 1. The first-order valence-electron chi connectivity index (χ1n) is 11.7. The molecular weight excluding hydrogens is 512 g/mol. The van der Waals surface area contributed by atoms with Crippen LogP contribution in [0.25, 0.3) is 0 Å². The molecule has 2 heterocycles. The number of benzene rings is 1. The van der Waals surface area contributed by atoms with Crippen LogP contribution in [0.3, 0.4) is 0 Å². The van der Waals surface area contributed by atoms with E-state index in [1.54, 1.807) is 25.1 Å². The fourth-order valence-electron chi connectivity index (χ4n) is 3.70. The summed E-state index contributed by atoms with van der Waals surface area (Å²) in [6, 6.07) is 11.0. The Morgan fingerprint density at radius 1 is 1.13 bits per heavy atom. The van der Waals surface area contributed by atoms with E-state index in [2.05, 4.69) is 15.2 Å². The fraction of sp³-hybridized carbons (Fsp3) is 0.440. The molecule has 1 fully saturated rings. The third-order valence-electron chi connectivity index (χ3n) is 5.77. The smallest absolute Gasteiger partial charge is 0.481 e. The number of hydrogen-bond donors (Lipinski definition) is 2. The molecule has 2 N–H and O–H groups in total. The number of methoxy groups -OCH3 is 1. The lowest BCUT2D eigenvalue weighted by molar-refractivity contribution is -0.192. The third kappa shape index (κ3) is 10.3. The molecular formula is C25H30F4N4O5. The van der Waals surface area contributed by atoms with Gasteiger partial charge in [0.1, 0.15) is 5.82 Å². The molecule has 2 amide bonds. The number of carboxylic acid groups (broad SMARTS) is 1. The molecule has 0 spiro atoms. The molecule has 9 nitrogen and oxygen atoms in total. The topological polar surface area (TPSA) is 112 Å². The first kappa shape index (κ1) is 30.5. The number of Topliss-reactive ketones (excluding diaryl/α,β-unsaturated/α-hetero) is 1. The number of ketones is 1. The summed E-state index contributed by atoms with van der Waals surface area (Å²) in [5.74, 6) is -2.19. The van der Waals surface area contributed by atoms with Crippen molar-refractivity contribution in [2.75, 3.05) is 40.3 Å². The highest BCUT2D eigenvalue weighted by molar-refractivity contribution is 5.97. The number of carbonyl (C=O) groups excluding carboxylic acids is 2. The first-order chi connectivity index (χ1) is 17.9. The highest BCUT2D eigenvalue weighted by atomic mass is 19.4. The average Bonchev–Trinajstić information content (AvgIpc) is 2.88. The van der Waals surface area contributed by atoms with Gasteiger partial charge in [-0.25, -0.2) is 19.0 Å². The molecule has 3 rings (SSSR count). The van der Waals surface area contributed by atoms with Gasteiger partial charge in [0.15, 0.2) is 5.78 Å². The highest BCUT2D eigenvalue weighted by Gasteiger charge is 2.38. The van der Waals surface area contributed by atoms with Gasteiger partial charge in [-0.05, 0) is 62.2 Å². The molecule has 0 aliphatic carbocycles. The van der Waals surface area contributed by atoms with Crippen molar-refractivity contribution in [3.05, 3.63) is 59.5 Å². The summed E-state index contributed by atoms with van der Waals surface area (Å²) in [4.78, 5) is 41.8. The summed E-state index contributed by atoms with van der Waals surface area (Å²) >= 11 is 0. The predicted octanol–water partition coefficient (Wildman–Crippen LogP) is 3.60. The number of halogens is 4. The quantitative estimate of drug-likeness (QED) is 0.387. The summed E-state index contributed by atoms with van der Waals surface area (Å²) in [5, 5.41) is 10.0. The Bertz CT molecular complexity index is 1070. The number of aromatic nitrogens is 1. The van der Waals surface area contributed by atoms with Crippen molar-refractivity contribution in [2.24, 2.45) is 5.92 Å². The molecule has 2 aromatic rings. The number of nitrogens with zero attached hydrogens (tertiary/aromatic N) is 3. The summed E-state index contributed by atoms with van der Waals surface area (Å²) < 4.78 is 49.8. The monoisotopic (exact) mass is 542 g/mol. The second-order valence-electron chi connectivity index (χ2n) is 8.66. The number of carbonyl (C=O) groups is 3. The number of piperidine rings is 1. The van der Waals surface area contributed by atoms with Crippen LogP contribution in [0, 0.1) is 11.7 Å². The Kier molecular flexibility index (Phi) is 11.4. The zero-order valence-corrected chi connectivity index (χ0v) is 21.0. The average molecular weight is 543 g/mol. The minimum Gasteiger partial charge on any atom is -0.481 e. The van der Waals surface area contributed by atoms with Gasteiger partial charge >= 0.3 is 18.2 Å². The molecule has 0 atom stereocenters. The molecule has 13 heteroatoms. The number of alkyl halides is 3. The molecule has 0 radical (unpaired) electrons. The van der Waals surface area contributed by atoms with Gasteiger partial charge in [-0.3, -0.25) is 9.69 Å². The van der Waals surface area contributed by atoms with Gasteiger partial charge in [0.25, 0.3) is 0 Å². The van der Waals surface area contributed by atoms with Gasteiger partial charge < -0.3 is 20.1 Å². The van der Waals surface area contributed by atoms with Crippen LogP contribution in [0.1, 0.15) is 28.9 Å². The summed E-state index contributed by atoms with van der Waals surface area (Å²) in [5.41, 5.74) is 1.27. The SMILES string of the molecule is COc1cccc(CNC(=O)N(C)CC2CCN(CC(=O)c3ccc(F)cc3)CC2)n1.O=C(O)C(F)(F)F. The summed E-state index contributed by atoms with van der Waals surface area (Å²) in [6.45, 7) is 2.95. The number of urea groups is 1. The molecule has 1 aromatic heterocycles. The molecule has 0 saturated carbocycles. The van der Waals surface area contributed by atoms with E-state index < -0.39 is 12.1 Å². The van der Waals surface area contributed by atoms with Gasteiger partial charge in [-0.1, -0.05) is 6.07 Å². The normalized spacial score (nSPS) is 14.2. The molecule has 208 valence electrons. The molecule has 0 bridgehead atoms. The van der Waals surface area contributed by atoms with Crippen LogP contribution in [-0.4, -0.2) is 84.2 Å². The largest absolute Gasteiger partial charge is 0.490 e. The molecule has 1 saturated heterocycles. The minimum absolute atomic E-state index is 0.00102. The van der Waals surface area contributed by atoms with E-state index >= 15 is 0 Å². The number of nitrogens with one attached hydrogen (secondary N) is 1. The number of amides is 2. The Balaban J connectivity index is 0.000000638. The Hall–Kier alpha value is -3.74. The molecule has 1 aromatic carbocycles. The van der Waals surface area contributed by atoms with Crippen LogP contribution in [-0.2, 0) is 11.3 Å². The van der Waals surface area contributed by atoms with E-state index in [1.165, 1.54) is 24.3 Å². The number of likely N-dealkylation sites (tertiary alicyclic amines) is 1. The van der Waals surface area contributed by atoms with Crippen molar-refractivity contribution < 1.29 is 41.8 Å². The Morgan fingerprint density at radius 2 is 1.74 bits per heavy atom. The van der Waals surface area contributed by atoms with Crippen LogP contribution in [0.5, 0.6) is 5.88 Å². The van der Waals surface area contributed by atoms with Crippen molar-refractivity contribution in [1.29, 1.82) is 0 Å². The Labute approximate surface area is 217 Å². The lowest BCUT2D eigenvalue weighted by atomic mass is 9.96. The first-order valence-corrected chi connectivity index (χ1v) is 11.7. The van der Waals surface area contributed by atoms with E-state index in [0.717, 1.165) is 31.6 Å². The number of ether oxygens (including phenoxy) is 1. The maximum absolute atomic E-state index is 13.0. The lowest BCUT2D eigenvalue weighted by Crippen LogP contribution is -2.43. The third-order valence-corrected chi connectivity index (χ3v) is 5.77. The second-order valence-corrected chi connectivity index (χ2v) is 8.66. The van der Waals surface area contributed by atoms with E-state index in [4.69, 9.17) is 14.6 Å². The number of hydrogen-bond acceptors (Lipinski definition) is 6. The maximum atomic E-state index is 13.0. The lowest BCUT2D eigenvalue weighted by Gasteiger charge is -2.33. The van der Waals surface area contributed by atoms with Gasteiger partial charge in [0.05, 0.1) is 25.9 Å². The summed E-state index contributed by atoms with van der Waals surface area (Å²) in [7, 11) is 3.35. The van der Waals surface area contributed by atoms with Crippen LogP contribution in [0.4, 0.5) is 22.4 Å². The highest BCUT2D eigenvalue weighted by Crippen LogP contribution is 2.19. The maximum Gasteiger partial charge on any atom is 0.490 e. The van der Waals surface area contributed by atoms with Gasteiger partial charge in [-0.15, -0.1) is 0 Å². The Morgan fingerprint density at radius 3 is 2.29 bits per heavy atom. The van der Waals surface area contributed by atoms with Crippen LogP contribution >= 0.6 is 0 Å². The molecule has 0 unspecified atom stereocenters. The number of pyridine rings is 1. The van der Waals surface area contributed by atoms with Crippen molar-refractivity contribution in [3.63, 3.8) is 0 Å². The zero-order chi connectivity index (χ0) is 28.3. The van der Waals surface area contributed by atoms with E-state index in [0.29, 0.717) is 37.0 Å². The van der Waals surface area contributed by atoms with E-state index in [9.17, 15) is 27.2 Å². The van der Waals surface area contributed by atoms with Gasteiger partial charge in [0.2, 0.25) is 5.88 Å². The molecule has 1 aliphatic rings. The van der Waals surface area contributed by atoms with Crippen LogP contribution in [0.15, 0.2) is 42.5 Å². The van der Waals surface area contributed by atoms with Crippen molar-refractivity contribution in [2.45, 2.75) is 25.6 Å². The standard InChI is InChI=1S/C23H29FN4O3.C2HF3O2/c1-27(23(30)25-14-20-4-3-5-22(26-20)31-2)15-17-10-12-28(13-11-17)16-21(29)18-6-8-19(24)9-7-18;3-2(4,5)1(6)7/h3-9,17H,10-16H2,1-2H3,(H,25,30);(H,6,7). The molecule has 38 heavy (non-hydrogen) atoms. The van der Waals surface area contributed by atoms with Gasteiger partial charge in [-0.2, -0.15) is 13.2 Å². The number of rotatable bonds is 8. The van der Waals surface area contributed by atoms with Crippen LogP contribution in [0.2, 0.25) is 0 Å². The summed E-state index contributed by atoms with van der Waals surface area (Å²) in [6.07, 6.45) is -3.24. The van der Waals surface area contributed by atoms with Gasteiger partial charge in [0, 0.05) is 25.2 Å². The van der Waals surface area contributed by atoms with Crippen molar-refractivity contribution in [3.8, 4) is 5.88 Å². The van der Waals surface area contributed by atoms with Crippen molar-refractivity contribution in [1.82, 2.24) is 20.1 Å². The second kappa shape index (κ2) is 14.3. The van der Waals surface area contributed by atoms with Crippen molar-refractivity contribution >= 4 is 17.8 Å². The minimum atomic E-state index is -5.08. The van der Waals surface area contributed by atoms with Crippen LogP contribution < -0.4 is 10.1 Å². The van der Waals surface area contributed by atoms with E-state index in [1.807, 2.05) is 12.1 Å². The predicted molar refractivity (Wildman–Crippen MR) is 129 cm³/mol. The fourth-order valence-corrected chi connectivity index (χ4v) is 3.70.